The maximum Gasteiger partial charge on any atom is 0.0964 e. The van der Waals surface area contributed by atoms with Gasteiger partial charge in [0.1, 0.15) is 0 Å². The largest absolute Gasteiger partial charge is 0.379 e. The molecule has 0 amide bonds. The topological polar surface area (TPSA) is 52.0 Å². The van der Waals surface area contributed by atoms with E-state index in [-0.39, 0.29) is 0 Å². The zero-order valence-corrected chi connectivity index (χ0v) is 9.00. The number of hydrogen-bond acceptors (Lipinski definition) is 4. The van der Waals surface area contributed by atoms with Crippen molar-refractivity contribution in [1.82, 2.24) is 20.3 Å². The third kappa shape index (κ3) is 4.55. The quantitative estimate of drug-likeness (QED) is 0.523. The van der Waals surface area contributed by atoms with Crippen molar-refractivity contribution in [2.45, 2.75) is 6.54 Å². The fourth-order valence-electron chi connectivity index (χ4n) is 0.994. The van der Waals surface area contributed by atoms with Gasteiger partial charge in [0.15, 0.2) is 0 Å². The molecule has 0 saturated heterocycles. The zero-order chi connectivity index (χ0) is 10.2. The molecule has 5 nitrogen and oxygen atoms in total. The van der Waals surface area contributed by atoms with Crippen molar-refractivity contribution in [3.05, 3.63) is 11.9 Å². The van der Waals surface area contributed by atoms with E-state index in [1.807, 2.05) is 13.2 Å². The second-order valence-corrected chi connectivity index (χ2v) is 3.24. The summed E-state index contributed by atoms with van der Waals surface area (Å²) in [5.41, 5.74) is 0.935. The third-order valence-electron chi connectivity index (χ3n) is 1.60. The molecule has 0 atom stereocenters. The summed E-state index contributed by atoms with van der Waals surface area (Å²) >= 11 is 5.45. The Kier molecular flexibility index (Phi) is 5.51. The molecule has 0 aromatic carbocycles. The summed E-state index contributed by atoms with van der Waals surface area (Å²) in [6, 6.07) is 0. The predicted octanol–water partition coefficient (Wildman–Crippen LogP) is 0.160. The van der Waals surface area contributed by atoms with Crippen molar-refractivity contribution in [2.75, 3.05) is 25.6 Å². The molecule has 0 spiro atoms. The minimum absolute atomic E-state index is 0.546. The first-order chi connectivity index (χ1) is 6.83. The van der Waals surface area contributed by atoms with Crippen molar-refractivity contribution in [1.29, 1.82) is 0 Å². The van der Waals surface area contributed by atoms with E-state index >= 15 is 0 Å². The molecule has 0 bridgehead atoms. The van der Waals surface area contributed by atoms with E-state index < -0.39 is 0 Å². The van der Waals surface area contributed by atoms with Crippen LogP contribution in [-0.4, -0.2) is 40.6 Å². The van der Waals surface area contributed by atoms with E-state index in [1.165, 1.54) is 0 Å². The number of alkyl halides is 1. The first-order valence-electron chi connectivity index (χ1n) is 4.52. The van der Waals surface area contributed by atoms with Crippen LogP contribution >= 0.6 is 11.6 Å². The lowest BCUT2D eigenvalue weighted by molar-refractivity contribution is 0.150. The van der Waals surface area contributed by atoms with Crippen LogP contribution in [0.15, 0.2) is 6.20 Å². The lowest BCUT2D eigenvalue weighted by Crippen LogP contribution is -2.19. The Morgan fingerprint density at radius 3 is 3.07 bits per heavy atom. The number of rotatable bonds is 7. The van der Waals surface area contributed by atoms with Gasteiger partial charge < -0.3 is 10.1 Å². The van der Waals surface area contributed by atoms with Crippen molar-refractivity contribution in [2.24, 2.45) is 7.05 Å². The van der Waals surface area contributed by atoms with Gasteiger partial charge in [0.05, 0.1) is 18.9 Å². The van der Waals surface area contributed by atoms with Gasteiger partial charge in [-0.15, -0.1) is 16.7 Å². The molecule has 1 N–H and O–H groups in total. The molecule has 1 aromatic rings. The predicted molar refractivity (Wildman–Crippen MR) is 54.2 cm³/mol. The van der Waals surface area contributed by atoms with Crippen LogP contribution in [0.25, 0.3) is 0 Å². The van der Waals surface area contributed by atoms with Gasteiger partial charge in [0.2, 0.25) is 0 Å². The molecule has 1 aromatic heterocycles. The highest BCUT2D eigenvalue weighted by molar-refractivity contribution is 6.17. The van der Waals surface area contributed by atoms with Crippen molar-refractivity contribution < 1.29 is 4.74 Å². The summed E-state index contributed by atoms with van der Waals surface area (Å²) in [5, 5.41) is 11.0. The molecule has 80 valence electrons. The molecular formula is C8H15ClN4O. The first kappa shape index (κ1) is 11.4. The summed E-state index contributed by atoms with van der Waals surface area (Å²) < 4.78 is 6.87. The Labute approximate surface area is 88.4 Å². The highest BCUT2D eigenvalue weighted by Gasteiger charge is 1.96. The molecule has 1 rings (SSSR count). The Hall–Kier alpha value is -0.650. The third-order valence-corrected chi connectivity index (χ3v) is 1.76. The fraction of sp³-hybridized carbons (Fsp3) is 0.750. The molecule has 0 aliphatic heterocycles. The zero-order valence-electron chi connectivity index (χ0n) is 8.24. The maximum atomic E-state index is 5.45. The summed E-state index contributed by atoms with van der Waals surface area (Å²) in [6.07, 6.45) is 1.88. The van der Waals surface area contributed by atoms with Gasteiger partial charge in [0.25, 0.3) is 0 Å². The van der Waals surface area contributed by atoms with Gasteiger partial charge in [-0.05, 0) is 0 Å². The minimum Gasteiger partial charge on any atom is -0.379 e. The van der Waals surface area contributed by atoms with Gasteiger partial charge >= 0.3 is 0 Å². The molecular weight excluding hydrogens is 204 g/mol. The van der Waals surface area contributed by atoms with Gasteiger partial charge in [0, 0.05) is 32.2 Å². The second kappa shape index (κ2) is 6.75. The normalized spacial score (nSPS) is 10.7. The van der Waals surface area contributed by atoms with Crippen LogP contribution in [-0.2, 0) is 18.3 Å². The molecule has 0 fully saturated rings. The Balaban J connectivity index is 1.99. The maximum absolute atomic E-state index is 5.45. The number of nitrogens with zero attached hydrogens (tertiary/aromatic N) is 3. The number of aryl methyl sites for hydroxylation is 1. The van der Waals surface area contributed by atoms with Gasteiger partial charge in [-0.2, -0.15) is 0 Å². The SMILES string of the molecule is Cn1cc(CNCCOCCCl)nn1. The second-order valence-electron chi connectivity index (χ2n) is 2.86. The lowest BCUT2D eigenvalue weighted by atomic mass is 10.4. The van der Waals surface area contributed by atoms with Gasteiger partial charge in [-0.1, -0.05) is 5.21 Å². The van der Waals surface area contributed by atoms with Crippen molar-refractivity contribution in [3.63, 3.8) is 0 Å². The molecule has 0 radical (unpaired) electrons. The number of ether oxygens (including phenoxy) is 1. The monoisotopic (exact) mass is 218 g/mol. The summed E-state index contributed by atoms with van der Waals surface area (Å²) in [6.45, 7) is 2.80. The van der Waals surface area contributed by atoms with Crippen molar-refractivity contribution >= 4 is 11.6 Å². The molecule has 0 unspecified atom stereocenters. The average molecular weight is 219 g/mol. The smallest absolute Gasteiger partial charge is 0.0964 e. The fourth-order valence-corrected chi connectivity index (χ4v) is 1.10. The van der Waals surface area contributed by atoms with Crippen LogP contribution in [0, 0.1) is 0 Å². The summed E-state index contributed by atoms with van der Waals surface area (Å²) in [7, 11) is 1.85. The lowest BCUT2D eigenvalue weighted by Gasteiger charge is -2.02. The number of halogens is 1. The average Bonchev–Trinajstić information content (AvgIpc) is 2.58. The van der Waals surface area contributed by atoms with Crippen LogP contribution in [0.2, 0.25) is 0 Å². The minimum atomic E-state index is 0.546. The van der Waals surface area contributed by atoms with Crippen LogP contribution in [0.1, 0.15) is 5.69 Å². The van der Waals surface area contributed by atoms with E-state index in [1.54, 1.807) is 4.68 Å². The number of aromatic nitrogens is 3. The molecule has 0 aliphatic rings. The van der Waals surface area contributed by atoms with E-state index in [0.29, 0.717) is 19.1 Å². The van der Waals surface area contributed by atoms with Crippen molar-refractivity contribution in [3.8, 4) is 0 Å². The Morgan fingerprint density at radius 2 is 2.43 bits per heavy atom. The van der Waals surface area contributed by atoms with Crippen LogP contribution in [0.5, 0.6) is 0 Å². The standard InChI is InChI=1S/C8H15ClN4O/c1-13-7-8(11-12-13)6-10-3-5-14-4-2-9/h7,10H,2-6H2,1H3. The molecule has 1 heterocycles. The molecule has 14 heavy (non-hydrogen) atoms. The molecule has 0 saturated carbocycles. The Bertz CT molecular complexity index is 253. The summed E-state index contributed by atoms with van der Waals surface area (Å²) in [4.78, 5) is 0. The van der Waals surface area contributed by atoms with E-state index in [0.717, 1.165) is 18.8 Å². The van der Waals surface area contributed by atoms with Gasteiger partial charge in [-0.3, -0.25) is 4.68 Å². The van der Waals surface area contributed by atoms with Crippen LogP contribution in [0.3, 0.4) is 0 Å². The van der Waals surface area contributed by atoms with E-state index in [9.17, 15) is 0 Å². The number of hydrogen-bond donors (Lipinski definition) is 1. The highest BCUT2D eigenvalue weighted by atomic mass is 35.5. The van der Waals surface area contributed by atoms with Crippen LogP contribution < -0.4 is 5.32 Å². The summed E-state index contributed by atoms with van der Waals surface area (Å²) in [5.74, 6) is 0.546. The number of nitrogens with one attached hydrogen (secondary N) is 1. The van der Waals surface area contributed by atoms with Crippen LogP contribution in [0.4, 0.5) is 0 Å². The first-order valence-corrected chi connectivity index (χ1v) is 5.06. The van der Waals surface area contributed by atoms with E-state index in [4.69, 9.17) is 16.3 Å². The van der Waals surface area contributed by atoms with E-state index in [2.05, 4.69) is 15.6 Å². The van der Waals surface area contributed by atoms with Gasteiger partial charge in [-0.25, -0.2) is 0 Å². The Morgan fingerprint density at radius 1 is 1.57 bits per heavy atom. The highest BCUT2D eigenvalue weighted by Crippen LogP contribution is 1.89. The molecule has 0 aliphatic carbocycles. The molecule has 6 heteroatoms.